The minimum Gasteiger partial charge on any atom is -0.492 e. The number of carbonyl (C=O) groups is 2. The number of anilines is 2. The first-order valence-corrected chi connectivity index (χ1v) is 11.0. The molecule has 1 heterocycles. The highest BCUT2D eigenvalue weighted by atomic mass is 32.2. The van der Waals surface area contributed by atoms with Gasteiger partial charge >= 0.3 is 0 Å². The normalized spacial score (nSPS) is 11.5. The molecule has 1 unspecified atom stereocenters. The number of benzene rings is 2. The molecular formula is C22H22N2O3S2. The molecule has 0 spiro atoms. The fraction of sp³-hybridized carbons (Fsp3) is 0.182. The highest BCUT2D eigenvalue weighted by Gasteiger charge is 2.16. The van der Waals surface area contributed by atoms with Crippen LogP contribution in [-0.2, 0) is 4.79 Å². The van der Waals surface area contributed by atoms with E-state index in [4.69, 9.17) is 4.74 Å². The molecule has 3 aromatic rings. The molecule has 2 aromatic carbocycles. The molecule has 2 N–H and O–H groups in total. The van der Waals surface area contributed by atoms with E-state index in [1.807, 2.05) is 73.8 Å². The summed E-state index contributed by atoms with van der Waals surface area (Å²) in [5, 5.41) is 7.37. The highest BCUT2D eigenvalue weighted by Crippen LogP contribution is 2.28. The van der Waals surface area contributed by atoms with Crippen molar-refractivity contribution in [2.75, 3.05) is 17.2 Å². The average Bonchev–Trinajstić information content (AvgIpc) is 3.26. The van der Waals surface area contributed by atoms with Crippen molar-refractivity contribution >= 4 is 46.3 Å². The molecular weight excluding hydrogens is 404 g/mol. The summed E-state index contributed by atoms with van der Waals surface area (Å²) < 4.78 is 5.55. The largest absolute Gasteiger partial charge is 0.492 e. The van der Waals surface area contributed by atoms with E-state index in [0.29, 0.717) is 22.9 Å². The van der Waals surface area contributed by atoms with Crippen LogP contribution in [-0.4, -0.2) is 23.7 Å². The van der Waals surface area contributed by atoms with Crippen molar-refractivity contribution in [3.8, 4) is 5.75 Å². The number of nitrogens with one attached hydrogen (secondary N) is 2. The molecule has 29 heavy (non-hydrogen) atoms. The quantitative estimate of drug-likeness (QED) is 0.466. The summed E-state index contributed by atoms with van der Waals surface area (Å²) in [7, 11) is 0. The zero-order valence-corrected chi connectivity index (χ0v) is 17.8. The predicted molar refractivity (Wildman–Crippen MR) is 120 cm³/mol. The lowest BCUT2D eigenvalue weighted by atomic mass is 10.3. The Morgan fingerprint density at radius 3 is 2.48 bits per heavy atom. The number of rotatable bonds is 8. The molecule has 0 bridgehead atoms. The SMILES string of the molecule is CCOc1ccccc1NC(=O)C(C)Sc1ccc(NC(=O)c2cccs2)cc1. The van der Waals surface area contributed by atoms with Crippen LogP contribution < -0.4 is 15.4 Å². The second-order valence-electron chi connectivity index (χ2n) is 6.13. The van der Waals surface area contributed by atoms with Gasteiger partial charge in [-0.1, -0.05) is 18.2 Å². The van der Waals surface area contributed by atoms with Gasteiger partial charge < -0.3 is 15.4 Å². The van der Waals surface area contributed by atoms with Crippen LogP contribution >= 0.6 is 23.1 Å². The lowest BCUT2D eigenvalue weighted by Crippen LogP contribution is -2.22. The molecule has 0 aliphatic rings. The van der Waals surface area contributed by atoms with Gasteiger partial charge in [-0.3, -0.25) is 9.59 Å². The van der Waals surface area contributed by atoms with Gasteiger partial charge in [0.05, 0.1) is 22.4 Å². The van der Waals surface area contributed by atoms with Crippen molar-refractivity contribution in [3.63, 3.8) is 0 Å². The fourth-order valence-electron chi connectivity index (χ4n) is 2.56. The molecule has 0 fully saturated rings. The molecule has 150 valence electrons. The van der Waals surface area contributed by atoms with Gasteiger partial charge in [-0.2, -0.15) is 0 Å². The molecule has 7 heteroatoms. The summed E-state index contributed by atoms with van der Waals surface area (Å²) >= 11 is 2.85. The van der Waals surface area contributed by atoms with Gasteiger partial charge in [0.2, 0.25) is 5.91 Å². The van der Waals surface area contributed by atoms with E-state index in [2.05, 4.69) is 10.6 Å². The number of para-hydroxylation sites is 2. The Bertz CT molecular complexity index is 956. The summed E-state index contributed by atoms with van der Waals surface area (Å²) in [6.45, 7) is 4.30. The standard InChI is InChI=1S/C22H22N2O3S2/c1-3-27-19-8-5-4-7-18(19)24-21(25)15(2)29-17-12-10-16(11-13-17)23-22(26)20-9-6-14-28-20/h4-15H,3H2,1-2H3,(H,23,26)(H,24,25). The Balaban J connectivity index is 1.57. The summed E-state index contributed by atoms with van der Waals surface area (Å²) in [5.41, 5.74) is 1.38. The zero-order chi connectivity index (χ0) is 20.6. The monoisotopic (exact) mass is 426 g/mol. The molecule has 0 saturated carbocycles. The minimum absolute atomic E-state index is 0.0998. The van der Waals surface area contributed by atoms with Crippen LogP contribution in [0.15, 0.2) is 70.9 Å². The van der Waals surface area contributed by atoms with Crippen molar-refractivity contribution in [2.45, 2.75) is 24.0 Å². The summed E-state index contributed by atoms with van der Waals surface area (Å²) in [4.78, 5) is 26.3. The zero-order valence-electron chi connectivity index (χ0n) is 16.2. The van der Waals surface area contributed by atoms with Crippen molar-refractivity contribution in [3.05, 3.63) is 70.9 Å². The Morgan fingerprint density at radius 2 is 1.79 bits per heavy atom. The Labute approximate surface area is 178 Å². The lowest BCUT2D eigenvalue weighted by Gasteiger charge is -2.15. The second-order valence-corrected chi connectivity index (χ2v) is 8.50. The number of carbonyl (C=O) groups excluding carboxylic acids is 2. The lowest BCUT2D eigenvalue weighted by molar-refractivity contribution is -0.115. The van der Waals surface area contributed by atoms with Gasteiger partial charge in [-0.05, 0) is 61.7 Å². The highest BCUT2D eigenvalue weighted by molar-refractivity contribution is 8.00. The van der Waals surface area contributed by atoms with Crippen LogP contribution in [0, 0.1) is 0 Å². The van der Waals surface area contributed by atoms with E-state index in [1.54, 1.807) is 6.07 Å². The number of ether oxygens (including phenoxy) is 1. The third kappa shape index (κ3) is 5.85. The molecule has 3 rings (SSSR count). The van der Waals surface area contributed by atoms with E-state index in [9.17, 15) is 9.59 Å². The van der Waals surface area contributed by atoms with Crippen LogP contribution in [0.2, 0.25) is 0 Å². The molecule has 0 aliphatic carbocycles. The maximum Gasteiger partial charge on any atom is 0.265 e. The van der Waals surface area contributed by atoms with Gasteiger partial charge in [0, 0.05) is 10.6 Å². The predicted octanol–water partition coefficient (Wildman–Crippen LogP) is 5.52. The topological polar surface area (TPSA) is 67.4 Å². The van der Waals surface area contributed by atoms with Crippen LogP contribution in [0.25, 0.3) is 0 Å². The Hall–Kier alpha value is -2.77. The van der Waals surface area contributed by atoms with E-state index >= 15 is 0 Å². The molecule has 0 saturated heterocycles. The third-order valence-electron chi connectivity index (χ3n) is 3.98. The van der Waals surface area contributed by atoms with E-state index in [1.165, 1.54) is 23.1 Å². The number of thiophene rings is 1. The average molecular weight is 427 g/mol. The first-order chi connectivity index (χ1) is 14.1. The molecule has 5 nitrogen and oxygen atoms in total. The fourth-order valence-corrected chi connectivity index (χ4v) is 4.05. The number of thioether (sulfide) groups is 1. The first-order valence-electron chi connectivity index (χ1n) is 9.21. The van der Waals surface area contributed by atoms with Crippen LogP contribution in [0.5, 0.6) is 5.75 Å². The smallest absolute Gasteiger partial charge is 0.265 e. The van der Waals surface area contributed by atoms with Crippen molar-refractivity contribution in [2.24, 2.45) is 0 Å². The van der Waals surface area contributed by atoms with Gasteiger partial charge in [-0.25, -0.2) is 0 Å². The number of hydrogen-bond donors (Lipinski definition) is 2. The molecule has 0 aliphatic heterocycles. The first kappa shape index (κ1) is 21.0. The van der Waals surface area contributed by atoms with Gasteiger partial charge in [0.1, 0.15) is 5.75 Å². The molecule has 1 atom stereocenters. The summed E-state index contributed by atoms with van der Waals surface area (Å²) in [6, 6.07) is 18.5. The van der Waals surface area contributed by atoms with Gasteiger partial charge in [0.25, 0.3) is 5.91 Å². The third-order valence-corrected chi connectivity index (χ3v) is 5.96. The Kier molecular flexibility index (Phi) is 7.32. The maximum absolute atomic E-state index is 12.6. The molecule has 1 aromatic heterocycles. The number of amides is 2. The van der Waals surface area contributed by atoms with Crippen LogP contribution in [0.1, 0.15) is 23.5 Å². The van der Waals surface area contributed by atoms with Crippen molar-refractivity contribution in [1.82, 2.24) is 0 Å². The summed E-state index contributed by atoms with van der Waals surface area (Å²) in [6.07, 6.45) is 0. The van der Waals surface area contributed by atoms with Crippen molar-refractivity contribution < 1.29 is 14.3 Å². The van der Waals surface area contributed by atoms with E-state index in [0.717, 1.165) is 10.6 Å². The summed E-state index contributed by atoms with van der Waals surface area (Å²) in [5.74, 6) is 0.435. The van der Waals surface area contributed by atoms with Gasteiger partial charge in [-0.15, -0.1) is 23.1 Å². The molecule has 2 amide bonds. The Morgan fingerprint density at radius 1 is 1.03 bits per heavy atom. The minimum atomic E-state index is -0.295. The maximum atomic E-state index is 12.6. The second kappa shape index (κ2) is 10.1. The van der Waals surface area contributed by atoms with Gasteiger partial charge in [0.15, 0.2) is 0 Å². The van der Waals surface area contributed by atoms with Crippen LogP contribution in [0.4, 0.5) is 11.4 Å². The van der Waals surface area contributed by atoms with E-state index in [-0.39, 0.29) is 17.1 Å². The molecule has 0 radical (unpaired) electrons. The van der Waals surface area contributed by atoms with Crippen LogP contribution in [0.3, 0.4) is 0 Å². The number of hydrogen-bond acceptors (Lipinski definition) is 5. The van der Waals surface area contributed by atoms with Crippen molar-refractivity contribution in [1.29, 1.82) is 0 Å². The van der Waals surface area contributed by atoms with E-state index < -0.39 is 0 Å².